The first-order valence-corrected chi connectivity index (χ1v) is 14.7. The maximum Gasteiger partial charge on any atom is 0.343 e. The van der Waals surface area contributed by atoms with Gasteiger partial charge in [0.1, 0.15) is 5.75 Å². The smallest absolute Gasteiger partial charge is 0.343 e. The normalized spacial score (nSPS) is 27.0. The topological polar surface area (TPSA) is 107 Å². The third kappa shape index (κ3) is 5.40. The molecule has 39 heavy (non-hydrogen) atoms. The minimum atomic E-state index is -0.687. The Labute approximate surface area is 250 Å². The van der Waals surface area contributed by atoms with Gasteiger partial charge in [0.25, 0.3) is 0 Å². The molecule has 2 saturated carbocycles. The van der Waals surface area contributed by atoms with Gasteiger partial charge in [-0.1, -0.05) is 55.1 Å². The van der Waals surface area contributed by atoms with Crippen molar-refractivity contribution < 1.29 is 33.4 Å². The number of likely N-dealkylation sites (tertiary alicyclic amines) is 1. The number of esters is 2. The summed E-state index contributed by atoms with van der Waals surface area (Å²) in [6.07, 6.45) is 0.635. The van der Waals surface area contributed by atoms with Crippen molar-refractivity contribution in [3.8, 4) is 5.75 Å². The molecule has 2 aromatic carbocycles. The number of fused-ring (bicyclic) bond motifs is 5. The predicted octanol–water partition coefficient (Wildman–Crippen LogP) is 5.11. The standard InChI is InChI=1S/C27H21Br2Cl2NO7/c28-23-15-10-16(24(23)29)22-21(15)25(35)32(26(22)36)8-7-20(34)38-11-19(33)12-1-4-14(5-2-12)39-27(37)13-3-6-17(30)18(31)9-13/h1-6,9,15-16,21-24H,7-8,10-11H2. The zero-order valence-electron chi connectivity index (χ0n) is 20.2. The number of ketones is 1. The molecule has 0 aromatic heterocycles. The molecule has 1 aliphatic heterocycles. The van der Waals surface area contributed by atoms with Crippen molar-refractivity contribution >= 4 is 84.6 Å². The van der Waals surface area contributed by atoms with Crippen LogP contribution in [0.1, 0.15) is 33.6 Å². The molecule has 1 saturated heterocycles. The molecule has 1 heterocycles. The summed E-state index contributed by atoms with van der Waals surface area (Å²) in [5, 5.41) is 0.528. The highest BCUT2D eigenvalue weighted by atomic mass is 79.9. The first-order chi connectivity index (χ1) is 18.6. The number of amides is 2. The summed E-state index contributed by atoms with van der Waals surface area (Å²) in [5.41, 5.74) is 0.461. The third-order valence-corrected chi connectivity index (χ3v) is 11.5. The molecule has 6 atom stereocenters. The molecule has 5 rings (SSSR count). The van der Waals surface area contributed by atoms with Gasteiger partial charge in [0.05, 0.1) is 33.9 Å². The van der Waals surface area contributed by atoms with Crippen LogP contribution in [0.25, 0.3) is 0 Å². The van der Waals surface area contributed by atoms with E-state index in [0.717, 1.165) is 6.42 Å². The number of halogens is 4. The molecule has 3 aliphatic rings. The number of imide groups is 1. The molecule has 12 heteroatoms. The van der Waals surface area contributed by atoms with E-state index in [1.54, 1.807) is 0 Å². The number of ether oxygens (including phenoxy) is 2. The van der Waals surface area contributed by atoms with Gasteiger partial charge in [0.2, 0.25) is 11.8 Å². The van der Waals surface area contributed by atoms with Gasteiger partial charge >= 0.3 is 11.9 Å². The Kier molecular flexibility index (Phi) is 8.20. The number of hydrogen-bond acceptors (Lipinski definition) is 7. The molecule has 0 N–H and O–H groups in total. The van der Waals surface area contributed by atoms with E-state index >= 15 is 0 Å². The minimum absolute atomic E-state index is 0.0735. The summed E-state index contributed by atoms with van der Waals surface area (Å²) in [4.78, 5) is 64.3. The number of carbonyl (C=O) groups is 5. The van der Waals surface area contributed by atoms with Crippen LogP contribution in [0.5, 0.6) is 5.75 Å². The Morgan fingerprint density at radius 1 is 0.872 bits per heavy atom. The Morgan fingerprint density at radius 2 is 1.46 bits per heavy atom. The second-order valence-corrected chi connectivity index (χ2v) is 12.6. The lowest BCUT2D eigenvalue weighted by Gasteiger charge is -2.28. The summed E-state index contributed by atoms with van der Waals surface area (Å²) < 4.78 is 10.4. The van der Waals surface area contributed by atoms with Gasteiger partial charge in [0, 0.05) is 21.8 Å². The fraction of sp³-hybridized carbons (Fsp3) is 0.370. The predicted molar refractivity (Wildman–Crippen MR) is 148 cm³/mol. The molecular formula is C27H21Br2Cl2NO7. The van der Waals surface area contributed by atoms with Crippen LogP contribution < -0.4 is 4.74 Å². The number of carbonyl (C=O) groups excluding carboxylic acids is 5. The lowest BCUT2D eigenvalue weighted by atomic mass is 9.81. The second kappa shape index (κ2) is 11.3. The Morgan fingerprint density at radius 3 is 2.05 bits per heavy atom. The van der Waals surface area contributed by atoms with Gasteiger partial charge in [-0.25, -0.2) is 4.79 Å². The zero-order chi connectivity index (χ0) is 28.0. The first kappa shape index (κ1) is 28.3. The zero-order valence-corrected chi connectivity index (χ0v) is 24.8. The summed E-state index contributed by atoms with van der Waals surface area (Å²) >= 11 is 19.1. The summed E-state index contributed by atoms with van der Waals surface area (Å²) in [5.74, 6) is -2.54. The molecule has 2 aromatic rings. The second-order valence-electron chi connectivity index (χ2n) is 9.71. The molecule has 8 nitrogen and oxygen atoms in total. The molecule has 204 valence electrons. The van der Waals surface area contributed by atoms with E-state index in [1.165, 1.54) is 47.4 Å². The maximum absolute atomic E-state index is 12.9. The van der Waals surface area contributed by atoms with Crippen molar-refractivity contribution in [2.45, 2.75) is 22.5 Å². The lowest BCUT2D eigenvalue weighted by molar-refractivity contribution is -0.145. The van der Waals surface area contributed by atoms with Crippen molar-refractivity contribution in [2.75, 3.05) is 13.2 Å². The van der Waals surface area contributed by atoms with Crippen LogP contribution in [0.4, 0.5) is 0 Å². The number of rotatable bonds is 8. The first-order valence-electron chi connectivity index (χ1n) is 12.2. The molecule has 6 unspecified atom stereocenters. The number of alkyl halides is 2. The van der Waals surface area contributed by atoms with Crippen LogP contribution in [-0.4, -0.2) is 57.2 Å². The monoisotopic (exact) mass is 699 g/mol. The van der Waals surface area contributed by atoms with Gasteiger partial charge in [-0.15, -0.1) is 0 Å². The van der Waals surface area contributed by atoms with Gasteiger partial charge in [0.15, 0.2) is 12.4 Å². The van der Waals surface area contributed by atoms with E-state index in [-0.39, 0.29) is 80.0 Å². The summed E-state index contributed by atoms with van der Waals surface area (Å²) in [7, 11) is 0. The molecule has 2 amide bonds. The van der Waals surface area contributed by atoms with Gasteiger partial charge in [-0.2, -0.15) is 0 Å². The van der Waals surface area contributed by atoms with Crippen LogP contribution >= 0.6 is 55.1 Å². The Bertz CT molecular complexity index is 1340. The highest BCUT2D eigenvalue weighted by Gasteiger charge is 2.66. The van der Waals surface area contributed by atoms with Crippen LogP contribution in [0.2, 0.25) is 10.0 Å². The van der Waals surface area contributed by atoms with Crippen LogP contribution in [0, 0.1) is 23.7 Å². The SMILES string of the molecule is O=C(CCN1C(=O)C2C3CC(C(Br)C3Br)C2C1=O)OCC(=O)c1ccc(OC(=O)c2ccc(Cl)c(Cl)c2)cc1. The highest BCUT2D eigenvalue weighted by molar-refractivity contribution is 9.12. The Hall–Kier alpha value is -2.27. The number of benzene rings is 2. The highest BCUT2D eigenvalue weighted by Crippen LogP contribution is 2.60. The van der Waals surface area contributed by atoms with Crippen molar-refractivity contribution in [1.29, 1.82) is 0 Å². The largest absolute Gasteiger partial charge is 0.457 e. The van der Waals surface area contributed by atoms with E-state index in [0.29, 0.717) is 5.02 Å². The van der Waals surface area contributed by atoms with E-state index in [1.807, 2.05) is 0 Å². The summed E-state index contributed by atoms with van der Waals surface area (Å²) in [6, 6.07) is 10.1. The number of nitrogens with zero attached hydrogens (tertiary/aromatic N) is 1. The average Bonchev–Trinajstić information content (AvgIpc) is 3.53. The van der Waals surface area contributed by atoms with Crippen LogP contribution in [0.15, 0.2) is 42.5 Å². The maximum atomic E-state index is 12.9. The molecule has 3 fully saturated rings. The van der Waals surface area contributed by atoms with Gasteiger partial charge in [-0.3, -0.25) is 24.1 Å². The third-order valence-electron chi connectivity index (χ3n) is 7.52. The number of Topliss-reactive ketones (excluding diaryl/α,β-unsaturated/α-hetero) is 1. The average molecular weight is 702 g/mol. The lowest BCUT2D eigenvalue weighted by Crippen LogP contribution is -2.37. The fourth-order valence-electron chi connectivity index (χ4n) is 5.63. The Balaban J connectivity index is 1.09. The molecular weight excluding hydrogens is 681 g/mol. The van der Waals surface area contributed by atoms with Crippen LogP contribution in [-0.2, 0) is 19.1 Å². The van der Waals surface area contributed by atoms with Crippen molar-refractivity contribution in [2.24, 2.45) is 23.7 Å². The van der Waals surface area contributed by atoms with E-state index in [4.69, 9.17) is 32.7 Å². The minimum Gasteiger partial charge on any atom is -0.457 e. The fourth-order valence-corrected chi connectivity index (χ4v) is 7.80. The molecule has 2 aliphatic carbocycles. The molecule has 0 radical (unpaired) electrons. The van der Waals surface area contributed by atoms with E-state index < -0.39 is 24.3 Å². The summed E-state index contributed by atoms with van der Waals surface area (Å²) in [6.45, 7) is -0.578. The van der Waals surface area contributed by atoms with E-state index in [9.17, 15) is 24.0 Å². The van der Waals surface area contributed by atoms with Crippen molar-refractivity contribution in [3.05, 3.63) is 63.6 Å². The quantitative estimate of drug-likeness (QED) is 0.124. The van der Waals surface area contributed by atoms with E-state index in [2.05, 4.69) is 31.9 Å². The van der Waals surface area contributed by atoms with Crippen molar-refractivity contribution in [3.63, 3.8) is 0 Å². The van der Waals surface area contributed by atoms with Crippen molar-refractivity contribution in [1.82, 2.24) is 4.90 Å². The van der Waals surface area contributed by atoms with Gasteiger partial charge in [-0.05, 0) is 60.7 Å². The number of hydrogen-bond donors (Lipinski definition) is 0. The molecule has 0 spiro atoms. The molecule has 2 bridgehead atoms. The van der Waals surface area contributed by atoms with Gasteiger partial charge < -0.3 is 9.47 Å². The van der Waals surface area contributed by atoms with Crippen LogP contribution in [0.3, 0.4) is 0 Å².